The quantitative estimate of drug-likeness (QED) is 0.305. The van der Waals surface area contributed by atoms with E-state index < -0.39 is 0 Å². The van der Waals surface area contributed by atoms with Crippen LogP contribution in [0.15, 0.2) is 84.9 Å². The summed E-state index contributed by atoms with van der Waals surface area (Å²) in [6.07, 6.45) is 0. The summed E-state index contributed by atoms with van der Waals surface area (Å²) in [5, 5.41) is 5.30. The second kappa shape index (κ2) is 5.99. The maximum atomic E-state index is 2.42. The Morgan fingerprint density at radius 2 is 1.14 bits per heavy atom. The van der Waals surface area contributed by atoms with Crippen LogP contribution in [0, 0.1) is 0 Å². The Kier molecular flexibility index (Phi) is 3.39. The van der Waals surface area contributed by atoms with E-state index in [1.807, 2.05) is 0 Å². The van der Waals surface area contributed by atoms with Gasteiger partial charge in [-0.25, -0.2) is 0 Å². The molecule has 0 saturated heterocycles. The molecule has 0 bridgehead atoms. The minimum atomic E-state index is 0.968. The summed E-state index contributed by atoms with van der Waals surface area (Å²) in [7, 11) is 2.15. The van der Waals surface area contributed by atoms with E-state index in [0.29, 0.717) is 0 Å². The van der Waals surface area contributed by atoms with Crippen LogP contribution in [0.5, 0.6) is 0 Å². The predicted octanol–water partition coefficient (Wildman–Crippen LogP) is 7.13. The molecule has 2 heteroatoms. The fourth-order valence-electron chi connectivity index (χ4n) is 4.92. The van der Waals surface area contributed by atoms with E-state index in [2.05, 4.69) is 108 Å². The van der Waals surface area contributed by atoms with Gasteiger partial charge in [0.1, 0.15) is 0 Å². The van der Waals surface area contributed by atoms with Gasteiger partial charge in [-0.15, -0.1) is 0 Å². The number of fused-ring (bicyclic) bond motifs is 6. The molecular weight excluding hydrogens is 352 g/mol. The van der Waals surface area contributed by atoms with E-state index in [-0.39, 0.29) is 0 Å². The minimum Gasteiger partial charge on any atom is -0.344 e. The lowest BCUT2D eigenvalue weighted by Crippen LogP contribution is -1.93. The lowest BCUT2D eigenvalue weighted by molar-refractivity contribution is 0.827. The van der Waals surface area contributed by atoms with Crippen LogP contribution < -0.4 is 0 Å². The van der Waals surface area contributed by atoms with Crippen molar-refractivity contribution in [2.45, 2.75) is 13.5 Å². The zero-order chi connectivity index (χ0) is 19.5. The summed E-state index contributed by atoms with van der Waals surface area (Å²) in [5.74, 6) is 0. The second-order valence-electron chi connectivity index (χ2n) is 7.80. The monoisotopic (exact) mass is 374 g/mol. The molecule has 140 valence electrons. The van der Waals surface area contributed by atoms with Gasteiger partial charge in [0.05, 0.1) is 0 Å². The molecule has 0 aliphatic rings. The number of rotatable bonds is 2. The SMILES string of the molecule is CCn1c2ccccc2c2ccc(-c3ccc4c(c3)c3ccccc3n4C)cc21. The Hall–Kier alpha value is -3.52. The Labute approximate surface area is 169 Å². The molecule has 4 aromatic carbocycles. The molecule has 2 aromatic heterocycles. The van der Waals surface area contributed by atoms with Gasteiger partial charge in [0.25, 0.3) is 0 Å². The molecular formula is C27H22N2. The summed E-state index contributed by atoms with van der Waals surface area (Å²) in [4.78, 5) is 0. The molecule has 6 rings (SSSR count). The maximum absolute atomic E-state index is 2.42. The first-order valence-electron chi connectivity index (χ1n) is 10.2. The molecule has 0 radical (unpaired) electrons. The molecule has 2 nitrogen and oxygen atoms in total. The standard InChI is InChI=1S/C27H22N2/c1-3-29-26-11-7-5-8-20(26)22-14-12-19(17-27(22)29)18-13-15-25-23(16-18)21-9-4-6-10-24(21)28(25)2/h4-17H,3H2,1-2H3. The van der Waals surface area contributed by atoms with E-state index in [1.165, 1.54) is 54.7 Å². The van der Waals surface area contributed by atoms with Crippen molar-refractivity contribution in [3.8, 4) is 11.1 Å². The number of nitrogens with zero attached hydrogens (tertiary/aromatic N) is 2. The van der Waals surface area contributed by atoms with Crippen molar-refractivity contribution in [3.63, 3.8) is 0 Å². The lowest BCUT2D eigenvalue weighted by atomic mass is 10.0. The van der Waals surface area contributed by atoms with Crippen LogP contribution in [0.25, 0.3) is 54.7 Å². The largest absolute Gasteiger partial charge is 0.344 e. The molecule has 0 saturated carbocycles. The Balaban J connectivity index is 1.62. The molecule has 29 heavy (non-hydrogen) atoms. The fraction of sp³-hybridized carbons (Fsp3) is 0.111. The average molecular weight is 374 g/mol. The van der Waals surface area contributed by atoms with Crippen LogP contribution >= 0.6 is 0 Å². The van der Waals surface area contributed by atoms with Gasteiger partial charge in [0.2, 0.25) is 0 Å². The van der Waals surface area contributed by atoms with Crippen LogP contribution in [-0.4, -0.2) is 9.13 Å². The molecule has 0 amide bonds. The first-order valence-corrected chi connectivity index (χ1v) is 10.2. The van der Waals surface area contributed by atoms with Crippen LogP contribution in [0.2, 0.25) is 0 Å². The van der Waals surface area contributed by atoms with Gasteiger partial charge in [0, 0.05) is 57.2 Å². The van der Waals surface area contributed by atoms with E-state index in [1.54, 1.807) is 0 Å². The molecule has 6 aromatic rings. The molecule has 2 heterocycles. The van der Waals surface area contributed by atoms with Crippen molar-refractivity contribution in [1.29, 1.82) is 0 Å². The number of aromatic nitrogens is 2. The highest BCUT2D eigenvalue weighted by Gasteiger charge is 2.12. The third-order valence-corrected chi connectivity index (χ3v) is 6.34. The number of para-hydroxylation sites is 2. The number of hydrogen-bond acceptors (Lipinski definition) is 0. The third kappa shape index (κ3) is 2.23. The fourth-order valence-corrected chi connectivity index (χ4v) is 4.92. The van der Waals surface area contributed by atoms with Crippen molar-refractivity contribution in [1.82, 2.24) is 9.13 Å². The van der Waals surface area contributed by atoms with E-state index in [9.17, 15) is 0 Å². The Bertz CT molecular complexity index is 1550. The van der Waals surface area contributed by atoms with Crippen molar-refractivity contribution < 1.29 is 0 Å². The zero-order valence-electron chi connectivity index (χ0n) is 16.7. The van der Waals surface area contributed by atoms with Gasteiger partial charge in [0.15, 0.2) is 0 Å². The van der Waals surface area contributed by atoms with Crippen LogP contribution in [0.1, 0.15) is 6.92 Å². The number of aryl methyl sites for hydroxylation is 2. The van der Waals surface area contributed by atoms with Gasteiger partial charge in [-0.1, -0.05) is 54.6 Å². The first kappa shape index (κ1) is 16.4. The van der Waals surface area contributed by atoms with Crippen molar-refractivity contribution >= 4 is 43.6 Å². The zero-order valence-corrected chi connectivity index (χ0v) is 16.7. The molecule has 0 aliphatic heterocycles. The van der Waals surface area contributed by atoms with Crippen molar-refractivity contribution in [3.05, 3.63) is 84.9 Å². The summed E-state index contributed by atoms with van der Waals surface area (Å²) in [6, 6.07) is 31.1. The first-order chi connectivity index (χ1) is 14.3. The topological polar surface area (TPSA) is 9.86 Å². The Morgan fingerprint density at radius 1 is 0.552 bits per heavy atom. The molecule has 0 fully saturated rings. The summed E-state index contributed by atoms with van der Waals surface area (Å²) in [5.41, 5.74) is 7.71. The van der Waals surface area contributed by atoms with Gasteiger partial charge in [-0.05, 0) is 48.4 Å². The van der Waals surface area contributed by atoms with E-state index >= 15 is 0 Å². The minimum absolute atomic E-state index is 0.968. The smallest absolute Gasteiger partial charge is 0.0497 e. The van der Waals surface area contributed by atoms with Gasteiger partial charge in [-0.3, -0.25) is 0 Å². The van der Waals surface area contributed by atoms with Gasteiger partial charge >= 0.3 is 0 Å². The van der Waals surface area contributed by atoms with Crippen molar-refractivity contribution in [2.75, 3.05) is 0 Å². The third-order valence-electron chi connectivity index (χ3n) is 6.34. The Morgan fingerprint density at radius 3 is 1.93 bits per heavy atom. The van der Waals surface area contributed by atoms with Crippen LogP contribution in [0.4, 0.5) is 0 Å². The molecule has 0 unspecified atom stereocenters. The summed E-state index contributed by atoms with van der Waals surface area (Å²) < 4.78 is 4.71. The van der Waals surface area contributed by atoms with Crippen LogP contribution in [0.3, 0.4) is 0 Å². The predicted molar refractivity (Wildman–Crippen MR) is 125 cm³/mol. The van der Waals surface area contributed by atoms with E-state index in [0.717, 1.165) is 6.54 Å². The maximum Gasteiger partial charge on any atom is 0.0497 e. The lowest BCUT2D eigenvalue weighted by Gasteiger charge is -2.07. The number of benzene rings is 4. The number of hydrogen-bond donors (Lipinski definition) is 0. The average Bonchev–Trinajstić information content (AvgIpc) is 3.25. The highest BCUT2D eigenvalue weighted by Crippen LogP contribution is 2.35. The second-order valence-corrected chi connectivity index (χ2v) is 7.80. The van der Waals surface area contributed by atoms with Crippen LogP contribution in [-0.2, 0) is 13.6 Å². The molecule has 0 N–H and O–H groups in total. The van der Waals surface area contributed by atoms with Gasteiger partial charge < -0.3 is 9.13 Å². The normalized spacial score (nSPS) is 11.9. The highest BCUT2D eigenvalue weighted by molar-refractivity contribution is 6.11. The summed E-state index contributed by atoms with van der Waals surface area (Å²) in [6.45, 7) is 3.19. The summed E-state index contributed by atoms with van der Waals surface area (Å²) >= 11 is 0. The molecule has 0 atom stereocenters. The molecule has 0 spiro atoms. The highest BCUT2D eigenvalue weighted by atomic mass is 15.0. The van der Waals surface area contributed by atoms with E-state index in [4.69, 9.17) is 0 Å². The van der Waals surface area contributed by atoms with Crippen molar-refractivity contribution in [2.24, 2.45) is 7.05 Å². The molecule has 0 aliphatic carbocycles. The van der Waals surface area contributed by atoms with Gasteiger partial charge in [-0.2, -0.15) is 0 Å².